The minimum absolute atomic E-state index is 0.0878. The van der Waals surface area contributed by atoms with Gasteiger partial charge < -0.3 is 9.47 Å². The smallest absolute Gasteiger partial charge is 0.417 e. The number of carbonyl (C=O) groups is 1. The summed E-state index contributed by atoms with van der Waals surface area (Å²) in [4.78, 5) is 11.9. The summed E-state index contributed by atoms with van der Waals surface area (Å²) in [6.45, 7) is 3.35. The van der Waals surface area contributed by atoms with E-state index in [-0.39, 0.29) is 11.1 Å². The van der Waals surface area contributed by atoms with Crippen molar-refractivity contribution in [2.75, 3.05) is 7.11 Å². The van der Waals surface area contributed by atoms with Crippen LogP contribution in [0.4, 0.5) is 22.0 Å². The third kappa shape index (κ3) is 2.66. The van der Waals surface area contributed by atoms with Crippen molar-refractivity contribution >= 4 is 5.97 Å². The van der Waals surface area contributed by atoms with E-state index in [2.05, 4.69) is 4.74 Å². The summed E-state index contributed by atoms with van der Waals surface area (Å²) in [5.41, 5.74) is -2.69. The Hall–Kier alpha value is -1.70. The van der Waals surface area contributed by atoms with Crippen molar-refractivity contribution in [3.63, 3.8) is 0 Å². The third-order valence-electron chi connectivity index (χ3n) is 4.84. The highest BCUT2D eigenvalue weighted by Crippen LogP contribution is 2.53. The highest BCUT2D eigenvalue weighted by atomic mass is 19.4. The van der Waals surface area contributed by atoms with Crippen molar-refractivity contribution in [2.45, 2.75) is 44.6 Å². The molecule has 134 valence electrons. The molecule has 1 aliphatic rings. The van der Waals surface area contributed by atoms with Gasteiger partial charge in [0.1, 0.15) is 0 Å². The number of benzene rings is 1. The van der Waals surface area contributed by atoms with Gasteiger partial charge in [0.25, 0.3) is 0 Å². The van der Waals surface area contributed by atoms with E-state index in [1.54, 1.807) is 0 Å². The number of methoxy groups -OCH3 is 1. The quantitative estimate of drug-likeness (QED) is 0.598. The minimum atomic E-state index is -4.75. The van der Waals surface area contributed by atoms with E-state index in [4.69, 9.17) is 4.74 Å². The first-order valence-corrected chi connectivity index (χ1v) is 7.22. The van der Waals surface area contributed by atoms with Gasteiger partial charge in [-0.25, -0.2) is 13.6 Å². The van der Waals surface area contributed by atoms with Gasteiger partial charge in [-0.3, -0.25) is 0 Å². The molecule has 0 radical (unpaired) electrons. The maximum absolute atomic E-state index is 13.9. The summed E-state index contributed by atoms with van der Waals surface area (Å²) in [6, 6.07) is 2.00. The zero-order valence-corrected chi connectivity index (χ0v) is 13.5. The van der Waals surface area contributed by atoms with Gasteiger partial charge in [-0.15, -0.1) is 0 Å². The second kappa shape index (κ2) is 5.98. The van der Waals surface area contributed by atoms with Gasteiger partial charge in [0.05, 0.1) is 7.11 Å². The molecule has 0 spiro atoms. The average molecular weight is 352 g/mol. The van der Waals surface area contributed by atoms with E-state index < -0.39 is 47.3 Å². The number of halogens is 5. The lowest BCUT2D eigenvalue weighted by molar-refractivity contribution is -0.274. The first-order valence-electron chi connectivity index (χ1n) is 7.22. The Morgan fingerprint density at radius 3 is 2.38 bits per heavy atom. The molecule has 1 aromatic rings. The van der Waals surface area contributed by atoms with Gasteiger partial charge in [0.15, 0.2) is 23.3 Å². The van der Waals surface area contributed by atoms with Crippen molar-refractivity contribution in [1.29, 1.82) is 0 Å². The molecule has 1 aliphatic heterocycles. The third-order valence-corrected chi connectivity index (χ3v) is 4.84. The SMILES string of the molecule is COC(=O)[C@H]1O[C@](C)(C(F)(F)F)[C@@H](C)[C@H]1c1ccc(F)c(F)c1C. The van der Waals surface area contributed by atoms with Crippen molar-refractivity contribution in [2.24, 2.45) is 5.92 Å². The maximum atomic E-state index is 13.9. The van der Waals surface area contributed by atoms with E-state index in [0.717, 1.165) is 20.1 Å². The predicted molar refractivity (Wildman–Crippen MR) is 74.3 cm³/mol. The van der Waals surface area contributed by atoms with E-state index in [9.17, 15) is 26.7 Å². The molecule has 0 bridgehead atoms. The van der Waals surface area contributed by atoms with Crippen LogP contribution in [-0.2, 0) is 14.3 Å². The van der Waals surface area contributed by atoms with E-state index >= 15 is 0 Å². The summed E-state index contributed by atoms with van der Waals surface area (Å²) < 4.78 is 77.1. The Morgan fingerprint density at radius 1 is 1.29 bits per heavy atom. The monoisotopic (exact) mass is 352 g/mol. The van der Waals surface area contributed by atoms with Gasteiger partial charge in [-0.2, -0.15) is 13.2 Å². The van der Waals surface area contributed by atoms with Crippen LogP contribution in [0.3, 0.4) is 0 Å². The van der Waals surface area contributed by atoms with Crippen LogP contribution in [0, 0.1) is 24.5 Å². The Balaban J connectivity index is 2.61. The van der Waals surface area contributed by atoms with Crippen LogP contribution in [0.1, 0.15) is 30.9 Å². The molecule has 0 N–H and O–H groups in total. The first kappa shape index (κ1) is 18.6. The molecule has 0 aromatic heterocycles. The van der Waals surface area contributed by atoms with Gasteiger partial charge in [-0.05, 0) is 31.0 Å². The van der Waals surface area contributed by atoms with Crippen LogP contribution in [0.5, 0.6) is 0 Å². The summed E-state index contributed by atoms with van der Waals surface area (Å²) in [5, 5.41) is 0. The largest absolute Gasteiger partial charge is 0.467 e. The summed E-state index contributed by atoms with van der Waals surface area (Å²) in [6.07, 6.45) is -6.32. The number of alkyl halides is 3. The molecule has 8 heteroatoms. The predicted octanol–water partition coefficient (Wildman–Crippen LogP) is 3.89. The first-order chi connectivity index (χ1) is 11.0. The normalized spacial score (nSPS) is 30.5. The molecule has 1 fully saturated rings. The molecule has 0 saturated carbocycles. The second-order valence-electron chi connectivity index (χ2n) is 6.06. The molecule has 4 atom stereocenters. The molecular weight excluding hydrogens is 335 g/mol. The number of ether oxygens (including phenoxy) is 2. The number of carbonyl (C=O) groups excluding carboxylic acids is 1. The molecule has 1 heterocycles. The fourth-order valence-electron chi connectivity index (χ4n) is 3.15. The Kier molecular flexibility index (Phi) is 4.65. The molecule has 0 unspecified atom stereocenters. The summed E-state index contributed by atoms with van der Waals surface area (Å²) >= 11 is 0. The lowest BCUT2D eigenvalue weighted by atomic mass is 9.76. The number of esters is 1. The van der Waals surface area contributed by atoms with Crippen LogP contribution in [0.2, 0.25) is 0 Å². The van der Waals surface area contributed by atoms with E-state index in [0.29, 0.717) is 0 Å². The number of hydrogen-bond acceptors (Lipinski definition) is 3. The lowest BCUT2D eigenvalue weighted by Gasteiger charge is -2.32. The minimum Gasteiger partial charge on any atom is -0.467 e. The fraction of sp³-hybridized carbons (Fsp3) is 0.562. The van der Waals surface area contributed by atoms with E-state index in [1.807, 2.05) is 0 Å². The van der Waals surface area contributed by atoms with Crippen molar-refractivity contribution in [3.05, 3.63) is 34.9 Å². The van der Waals surface area contributed by atoms with Gasteiger partial charge in [0, 0.05) is 11.8 Å². The molecular formula is C16H17F5O3. The number of hydrogen-bond donors (Lipinski definition) is 0. The van der Waals surface area contributed by atoms with Gasteiger partial charge in [-0.1, -0.05) is 13.0 Å². The fourth-order valence-corrected chi connectivity index (χ4v) is 3.15. The summed E-state index contributed by atoms with van der Waals surface area (Å²) in [7, 11) is 1.02. The molecule has 0 amide bonds. The van der Waals surface area contributed by atoms with Crippen LogP contribution in [-0.4, -0.2) is 31.0 Å². The summed E-state index contributed by atoms with van der Waals surface area (Å²) in [5.74, 6) is -5.62. The van der Waals surface area contributed by atoms with Gasteiger partial charge >= 0.3 is 12.1 Å². The van der Waals surface area contributed by atoms with E-state index in [1.165, 1.54) is 19.9 Å². The van der Waals surface area contributed by atoms with Crippen molar-refractivity contribution in [1.82, 2.24) is 0 Å². The van der Waals surface area contributed by atoms with Crippen molar-refractivity contribution < 1.29 is 36.2 Å². The van der Waals surface area contributed by atoms with Crippen molar-refractivity contribution in [3.8, 4) is 0 Å². The molecule has 24 heavy (non-hydrogen) atoms. The highest BCUT2D eigenvalue weighted by molar-refractivity contribution is 5.77. The van der Waals surface area contributed by atoms with Crippen LogP contribution < -0.4 is 0 Å². The Bertz CT molecular complexity index is 658. The zero-order chi connectivity index (χ0) is 18.4. The van der Waals surface area contributed by atoms with Crippen LogP contribution in [0.25, 0.3) is 0 Å². The maximum Gasteiger partial charge on any atom is 0.417 e. The zero-order valence-electron chi connectivity index (χ0n) is 13.5. The Morgan fingerprint density at radius 2 is 1.88 bits per heavy atom. The Labute approximate surface area is 135 Å². The topological polar surface area (TPSA) is 35.5 Å². The molecule has 1 saturated heterocycles. The number of rotatable bonds is 2. The second-order valence-corrected chi connectivity index (χ2v) is 6.06. The average Bonchev–Trinajstić information content (AvgIpc) is 2.78. The van der Waals surface area contributed by atoms with Crippen LogP contribution in [0.15, 0.2) is 12.1 Å². The molecule has 0 aliphatic carbocycles. The van der Waals surface area contributed by atoms with Gasteiger partial charge in [0.2, 0.25) is 0 Å². The standard InChI is InChI=1S/C16H17F5O3/c1-7-9(5-6-10(17)12(7)18)11-8(2)15(3,16(19,20)21)24-13(11)14(22)23-4/h5-6,8,11,13H,1-4H3/t8-,11-,13-,15-/m0/s1. The highest BCUT2D eigenvalue weighted by Gasteiger charge is 2.65. The molecule has 1 aromatic carbocycles. The lowest BCUT2D eigenvalue weighted by Crippen LogP contribution is -2.47. The molecule has 3 nitrogen and oxygen atoms in total. The molecule has 2 rings (SSSR count). The van der Waals surface area contributed by atoms with Crippen LogP contribution >= 0.6 is 0 Å².